The van der Waals surface area contributed by atoms with Gasteiger partial charge in [-0.3, -0.25) is 19.2 Å². The van der Waals surface area contributed by atoms with Gasteiger partial charge in [0, 0.05) is 5.56 Å². The number of halogens is 1. The predicted octanol–water partition coefficient (Wildman–Crippen LogP) is 1.08. The second-order valence-corrected chi connectivity index (χ2v) is 5.44. The Morgan fingerprint density at radius 2 is 1.78 bits per heavy atom. The summed E-state index contributed by atoms with van der Waals surface area (Å²) < 4.78 is 22.7. The molecule has 0 saturated heterocycles. The summed E-state index contributed by atoms with van der Waals surface area (Å²) in [5.74, 6) is -2.96. The van der Waals surface area contributed by atoms with Gasteiger partial charge in [-0.1, -0.05) is 0 Å². The highest BCUT2D eigenvalue weighted by molar-refractivity contribution is 6.00. The summed E-state index contributed by atoms with van der Waals surface area (Å²) in [6.07, 6.45) is 0.220. The molecule has 0 aliphatic heterocycles. The molecule has 9 heteroatoms. The van der Waals surface area contributed by atoms with E-state index in [1.807, 2.05) is 0 Å². The van der Waals surface area contributed by atoms with Gasteiger partial charge in [0.1, 0.15) is 12.4 Å². The Morgan fingerprint density at radius 1 is 1.07 bits per heavy atom. The maximum Gasteiger partial charge on any atom is 0.326 e. The van der Waals surface area contributed by atoms with Gasteiger partial charge in [-0.15, -0.1) is 0 Å². The topological polar surface area (TPSA) is 115 Å². The third-order valence-electron chi connectivity index (χ3n) is 3.39. The number of rotatable bonds is 8. The van der Waals surface area contributed by atoms with Crippen LogP contribution < -0.4 is 10.6 Å². The van der Waals surface area contributed by atoms with Crippen LogP contribution in [-0.2, 0) is 14.3 Å². The highest BCUT2D eigenvalue weighted by Crippen LogP contribution is 2.08. The van der Waals surface area contributed by atoms with Crippen LogP contribution in [0.4, 0.5) is 4.39 Å². The number of ether oxygens (including phenoxy) is 1. The molecule has 1 aromatic heterocycles. The van der Waals surface area contributed by atoms with Crippen molar-refractivity contribution in [1.82, 2.24) is 10.6 Å². The fourth-order valence-electron chi connectivity index (χ4n) is 2.03. The smallest absolute Gasteiger partial charge is 0.326 e. The van der Waals surface area contributed by atoms with Crippen molar-refractivity contribution >= 4 is 23.6 Å². The Hall–Kier alpha value is -3.49. The van der Waals surface area contributed by atoms with E-state index in [0.29, 0.717) is 0 Å². The number of ketones is 1. The SMILES string of the molecule is C[C@H](OC(=O)CNC(=O)CNC(=O)c1ccco1)C(=O)c1ccc(F)cc1. The van der Waals surface area contributed by atoms with Crippen LogP contribution in [0.3, 0.4) is 0 Å². The molecule has 2 N–H and O–H groups in total. The van der Waals surface area contributed by atoms with Crippen molar-refractivity contribution in [1.29, 1.82) is 0 Å². The molecule has 2 amide bonds. The van der Waals surface area contributed by atoms with Crippen molar-refractivity contribution in [2.75, 3.05) is 13.1 Å². The quantitative estimate of drug-likeness (QED) is 0.526. The first-order valence-electron chi connectivity index (χ1n) is 7.94. The lowest BCUT2D eigenvalue weighted by molar-refractivity contribution is -0.146. The third kappa shape index (κ3) is 6.07. The minimum absolute atomic E-state index is 0.0512. The van der Waals surface area contributed by atoms with Crippen molar-refractivity contribution in [3.8, 4) is 0 Å². The van der Waals surface area contributed by atoms with Crippen LogP contribution in [0.1, 0.15) is 27.8 Å². The molecular weight excluding hydrogens is 359 g/mol. The van der Waals surface area contributed by atoms with Gasteiger partial charge in [0.2, 0.25) is 11.7 Å². The van der Waals surface area contributed by atoms with E-state index in [-0.39, 0.29) is 17.9 Å². The molecule has 142 valence electrons. The molecule has 0 aliphatic carbocycles. The number of hydrogen-bond donors (Lipinski definition) is 2. The summed E-state index contributed by atoms with van der Waals surface area (Å²) in [4.78, 5) is 47.0. The molecule has 1 atom stereocenters. The Balaban J connectivity index is 1.71. The van der Waals surface area contributed by atoms with Gasteiger partial charge in [-0.25, -0.2) is 4.39 Å². The molecule has 27 heavy (non-hydrogen) atoms. The van der Waals surface area contributed by atoms with Crippen molar-refractivity contribution in [3.05, 3.63) is 59.8 Å². The molecule has 8 nitrogen and oxygen atoms in total. The number of benzene rings is 1. The van der Waals surface area contributed by atoms with Crippen LogP contribution in [0, 0.1) is 5.82 Å². The molecule has 0 unspecified atom stereocenters. The van der Waals surface area contributed by atoms with Crippen LogP contribution in [0.5, 0.6) is 0 Å². The lowest BCUT2D eigenvalue weighted by Gasteiger charge is -2.13. The molecule has 2 aromatic rings. The number of carbonyl (C=O) groups excluding carboxylic acids is 4. The number of carbonyl (C=O) groups is 4. The second kappa shape index (κ2) is 9.27. The van der Waals surface area contributed by atoms with Crippen LogP contribution in [0.15, 0.2) is 47.1 Å². The van der Waals surface area contributed by atoms with Crippen molar-refractivity contribution in [2.45, 2.75) is 13.0 Å². The second-order valence-electron chi connectivity index (χ2n) is 5.44. The standard InChI is InChI=1S/C18H17FN2O6/c1-11(17(24)12-4-6-13(19)7-5-12)27-16(23)10-20-15(22)9-21-18(25)14-3-2-8-26-14/h2-8,11H,9-10H2,1H3,(H,20,22)(H,21,25)/t11-/m0/s1. The molecule has 0 radical (unpaired) electrons. The monoisotopic (exact) mass is 376 g/mol. The Labute approximate surface area is 153 Å². The summed E-state index contributed by atoms with van der Waals surface area (Å²) in [6, 6.07) is 7.78. The van der Waals surface area contributed by atoms with Gasteiger partial charge >= 0.3 is 5.97 Å². The van der Waals surface area contributed by atoms with Gasteiger partial charge in [0.25, 0.3) is 5.91 Å². The average molecular weight is 376 g/mol. The maximum atomic E-state index is 12.9. The zero-order chi connectivity index (χ0) is 19.8. The first-order valence-corrected chi connectivity index (χ1v) is 7.94. The van der Waals surface area contributed by atoms with Crippen molar-refractivity contribution < 1.29 is 32.7 Å². The number of furan rings is 1. The first kappa shape index (κ1) is 19.8. The minimum atomic E-state index is -1.10. The summed E-state index contributed by atoms with van der Waals surface area (Å²) in [7, 11) is 0. The summed E-state index contributed by atoms with van der Waals surface area (Å²) >= 11 is 0. The van der Waals surface area contributed by atoms with Crippen LogP contribution >= 0.6 is 0 Å². The largest absolute Gasteiger partial charge is 0.459 e. The van der Waals surface area contributed by atoms with Crippen LogP contribution in [-0.4, -0.2) is 42.8 Å². The van der Waals surface area contributed by atoms with Crippen molar-refractivity contribution in [3.63, 3.8) is 0 Å². The molecule has 1 heterocycles. The summed E-state index contributed by atoms with van der Waals surface area (Å²) in [5, 5.41) is 4.57. The maximum absolute atomic E-state index is 12.9. The Kier molecular flexibility index (Phi) is 6.81. The van der Waals surface area contributed by atoms with Gasteiger partial charge in [-0.2, -0.15) is 0 Å². The average Bonchev–Trinajstić information content (AvgIpc) is 3.19. The van der Waals surface area contributed by atoms with E-state index in [4.69, 9.17) is 9.15 Å². The molecule has 2 rings (SSSR count). The lowest BCUT2D eigenvalue weighted by Crippen LogP contribution is -2.40. The molecular formula is C18H17FN2O6. The van der Waals surface area contributed by atoms with Crippen LogP contribution in [0.25, 0.3) is 0 Å². The number of esters is 1. The van der Waals surface area contributed by atoms with Gasteiger partial charge < -0.3 is 19.8 Å². The summed E-state index contributed by atoms with van der Waals surface area (Å²) in [6.45, 7) is 0.530. The van der Waals surface area contributed by atoms with Crippen molar-refractivity contribution in [2.24, 2.45) is 0 Å². The molecule has 0 aliphatic rings. The van der Waals surface area contributed by atoms with Crippen LogP contribution in [0.2, 0.25) is 0 Å². The molecule has 0 fully saturated rings. The highest BCUT2D eigenvalue weighted by Gasteiger charge is 2.20. The Bertz CT molecular complexity index is 817. The molecule has 0 spiro atoms. The van der Waals surface area contributed by atoms with E-state index in [0.717, 1.165) is 12.1 Å². The number of Topliss-reactive ketones (excluding diaryl/α,β-unsaturated/α-hetero) is 1. The van der Waals surface area contributed by atoms with E-state index < -0.39 is 42.0 Å². The van der Waals surface area contributed by atoms with Gasteiger partial charge in [-0.05, 0) is 43.3 Å². The predicted molar refractivity (Wildman–Crippen MR) is 90.3 cm³/mol. The zero-order valence-electron chi connectivity index (χ0n) is 14.4. The number of amides is 2. The fraction of sp³-hybridized carbons (Fsp3) is 0.222. The third-order valence-corrected chi connectivity index (χ3v) is 3.39. The fourth-order valence-corrected chi connectivity index (χ4v) is 2.03. The number of nitrogens with one attached hydrogen (secondary N) is 2. The molecule has 1 aromatic carbocycles. The molecule has 0 saturated carbocycles. The first-order chi connectivity index (χ1) is 12.9. The van der Waals surface area contributed by atoms with E-state index in [9.17, 15) is 23.6 Å². The van der Waals surface area contributed by atoms with Gasteiger partial charge in [0.05, 0.1) is 12.8 Å². The molecule has 0 bridgehead atoms. The summed E-state index contributed by atoms with van der Waals surface area (Å²) in [5.41, 5.74) is 0.196. The van der Waals surface area contributed by atoms with Gasteiger partial charge in [0.15, 0.2) is 11.9 Å². The number of hydrogen-bond acceptors (Lipinski definition) is 6. The minimum Gasteiger partial charge on any atom is -0.459 e. The highest BCUT2D eigenvalue weighted by atomic mass is 19.1. The van der Waals surface area contributed by atoms with E-state index in [1.54, 1.807) is 0 Å². The lowest BCUT2D eigenvalue weighted by atomic mass is 10.1. The van der Waals surface area contributed by atoms with E-state index in [1.165, 1.54) is 37.5 Å². The Morgan fingerprint density at radius 3 is 2.41 bits per heavy atom. The van der Waals surface area contributed by atoms with E-state index in [2.05, 4.69) is 10.6 Å². The normalized spacial score (nSPS) is 11.3. The van der Waals surface area contributed by atoms with E-state index >= 15 is 0 Å². The zero-order valence-corrected chi connectivity index (χ0v) is 14.4.